The van der Waals surface area contributed by atoms with Gasteiger partial charge in [0.15, 0.2) is 10.5 Å². The first-order valence-corrected chi connectivity index (χ1v) is 21.4. The van der Waals surface area contributed by atoms with E-state index >= 15 is 0 Å². The minimum Gasteiger partial charge on any atom is -0.508 e. The average Bonchev–Trinajstić information content (AvgIpc) is 3.73. The quantitative estimate of drug-likeness (QED) is 0.137. The van der Waals surface area contributed by atoms with E-state index in [1.165, 1.54) is 52.5 Å². The summed E-state index contributed by atoms with van der Waals surface area (Å²) >= 11 is 1.87. The van der Waals surface area contributed by atoms with Crippen molar-refractivity contribution in [1.29, 1.82) is 0 Å². The lowest BCUT2D eigenvalue weighted by molar-refractivity contribution is 0.0757. The van der Waals surface area contributed by atoms with Crippen LogP contribution in [-0.2, 0) is 11.0 Å². The summed E-state index contributed by atoms with van der Waals surface area (Å²) in [6.45, 7) is 16.2. The fourth-order valence-corrected chi connectivity index (χ4v) is 11.4. The number of phenolic OH excluding ortho intramolecular Hbond substituents is 1. The van der Waals surface area contributed by atoms with E-state index in [0.717, 1.165) is 57.9 Å². The molecular formula is C50H56O4S. The van der Waals surface area contributed by atoms with Crippen LogP contribution in [0.2, 0.25) is 0 Å². The molecule has 2 aliphatic heterocycles. The van der Waals surface area contributed by atoms with Crippen molar-refractivity contribution in [3.05, 3.63) is 119 Å². The second-order valence-corrected chi connectivity index (χ2v) is 17.9. The molecule has 5 heteroatoms. The molecule has 0 saturated carbocycles. The van der Waals surface area contributed by atoms with Crippen LogP contribution in [0.15, 0.2) is 95.9 Å². The number of hydrogen-bond acceptors (Lipinski definition) is 5. The van der Waals surface area contributed by atoms with Gasteiger partial charge in [0.25, 0.3) is 0 Å². The van der Waals surface area contributed by atoms with E-state index in [1.54, 1.807) is 19.2 Å². The lowest BCUT2D eigenvalue weighted by Gasteiger charge is -2.40. The average molecular weight is 753 g/mol. The molecule has 0 saturated heterocycles. The first-order chi connectivity index (χ1) is 26.6. The van der Waals surface area contributed by atoms with Crippen LogP contribution in [0.25, 0.3) is 28.0 Å². The number of rotatable bonds is 12. The second kappa shape index (κ2) is 14.3. The lowest BCUT2D eigenvalue weighted by Crippen LogP contribution is -2.40. The fourth-order valence-electron chi connectivity index (χ4n) is 10.1. The number of thioether (sulfide) groups is 1. The molecule has 5 aromatic carbocycles. The van der Waals surface area contributed by atoms with E-state index < -0.39 is 5.60 Å². The summed E-state index contributed by atoms with van der Waals surface area (Å²) in [6.07, 6.45) is 11.4. The Morgan fingerprint density at radius 3 is 2.09 bits per heavy atom. The van der Waals surface area contributed by atoms with Gasteiger partial charge in [-0.25, -0.2) is 0 Å². The smallest absolute Gasteiger partial charge is 0.178 e. The number of phenols is 1. The van der Waals surface area contributed by atoms with E-state index in [-0.39, 0.29) is 16.1 Å². The SMILES string of the molecule is CCCC1(CCC(CC)CC)c2ccccc2-c2c1c1c(c3cc4c(cc23)OC(C(C)C)(C(C)C)S4)OC(c2ccc(O)cc2)(c2ccc(OC)cc2)C=C1. The second-order valence-electron chi connectivity index (χ2n) is 16.6. The highest BCUT2D eigenvalue weighted by Gasteiger charge is 2.50. The summed E-state index contributed by atoms with van der Waals surface area (Å²) in [6, 6.07) is 29.6. The first kappa shape index (κ1) is 37.6. The third-order valence-electron chi connectivity index (χ3n) is 13.1. The number of ether oxygens (including phenoxy) is 3. The highest BCUT2D eigenvalue weighted by molar-refractivity contribution is 8.01. The highest BCUT2D eigenvalue weighted by Crippen LogP contribution is 2.63. The Kier molecular flexibility index (Phi) is 9.77. The zero-order valence-electron chi connectivity index (χ0n) is 33.8. The van der Waals surface area contributed by atoms with Crippen LogP contribution in [-0.4, -0.2) is 17.1 Å². The van der Waals surface area contributed by atoms with Crippen LogP contribution in [0.4, 0.5) is 0 Å². The van der Waals surface area contributed by atoms with Crippen LogP contribution in [0.5, 0.6) is 23.0 Å². The summed E-state index contributed by atoms with van der Waals surface area (Å²) in [5.41, 5.74) is 7.52. The number of benzene rings is 5. The molecule has 1 aliphatic carbocycles. The maximum absolute atomic E-state index is 10.4. The molecule has 0 amide bonds. The first-order valence-electron chi connectivity index (χ1n) is 20.5. The molecule has 2 unspecified atom stereocenters. The zero-order chi connectivity index (χ0) is 38.7. The molecule has 1 N–H and O–H groups in total. The van der Waals surface area contributed by atoms with Gasteiger partial charge in [0.05, 0.1) is 12.0 Å². The van der Waals surface area contributed by atoms with Gasteiger partial charge in [-0.2, -0.15) is 0 Å². The van der Waals surface area contributed by atoms with Gasteiger partial charge in [-0.3, -0.25) is 0 Å². The van der Waals surface area contributed by atoms with Gasteiger partial charge >= 0.3 is 0 Å². The Bertz CT molecular complexity index is 2240. The molecule has 5 aromatic rings. The highest BCUT2D eigenvalue weighted by atomic mass is 32.2. The minimum atomic E-state index is -0.954. The Labute approximate surface area is 332 Å². The van der Waals surface area contributed by atoms with Crippen LogP contribution in [0, 0.1) is 17.8 Å². The summed E-state index contributed by atoms with van der Waals surface area (Å²) in [5.74, 6) is 4.20. The predicted octanol–water partition coefficient (Wildman–Crippen LogP) is 13.7. The van der Waals surface area contributed by atoms with Crippen LogP contribution < -0.4 is 14.2 Å². The molecule has 3 aliphatic rings. The van der Waals surface area contributed by atoms with Crippen molar-refractivity contribution < 1.29 is 19.3 Å². The Morgan fingerprint density at radius 2 is 1.45 bits per heavy atom. The summed E-state index contributed by atoms with van der Waals surface area (Å²) in [7, 11) is 1.70. The normalized spacial score (nSPS) is 20.3. The Hall–Kier alpha value is -4.35. The van der Waals surface area contributed by atoms with E-state index in [4.69, 9.17) is 14.2 Å². The van der Waals surface area contributed by atoms with Gasteiger partial charge in [0.2, 0.25) is 0 Å². The van der Waals surface area contributed by atoms with Crippen molar-refractivity contribution >= 4 is 28.6 Å². The van der Waals surface area contributed by atoms with Gasteiger partial charge in [0.1, 0.15) is 23.0 Å². The van der Waals surface area contributed by atoms with Gasteiger partial charge in [0, 0.05) is 39.3 Å². The van der Waals surface area contributed by atoms with Gasteiger partial charge in [-0.05, 0) is 95.3 Å². The fraction of sp³-hybridized carbons (Fsp3) is 0.400. The van der Waals surface area contributed by atoms with Gasteiger partial charge in [-0.1, -0.05) is 134 Å². The topological polar surface area (TPSA) is 47.9 Å². The monoisotopic (exact) mass is 752 g/mol. The molecule has 0 bridgehead atoms. The third kappa shape index (κ3) is 5.78. The molecule has 0 radical (unpaired) electrons. The largest absolute Gasteiger partial charge is 0.508 e. The molecule has 2 heterocycles. The molecule has 0 fully saturated rings. The number of hydrogen-bond donors (Lipinski definition) is 1. The summed E-state index contributed by atoms with van der Waals surface area (Å²) < 4.78 is 20.4. The van der Waals surface area contributed by atoms with E-state index in [2.05, 4.69) is 109 Å². The van der Waals surface area contributed by atoms with Crippen molar-refractivity contribution in [3.8, 4) is 34.1 Å². The van der Waals surface area contributed by atoms with Crippen molar-refractivity contribution in [2.75, 3.05) is 7.11 Å². The third-order valence-corrected chi connectivity index (χ3v) is 15.0. The summed E-state index contributed by atoms with van der Waals surface area (Å²) in [4.78, 5) is 0.802. The number of aromatic hydroxyl groups is 1. The van der Waals surface area contributed by atoms with Crippen molar-refractivity contribution in [2.45, 2.75) is 108 Å². The Balaban J connectivity index is 1.46. The van der Waals surface area contributed by atoms with Crippen molar-refractivity contribution in [1.82, 2.24) is 0 Å². The molecule has 4 nitrogen and oxygen atoms in total. The summed E-state index contributed by atoms with van der Waals surface area (Å²) in [5, 5.41) is 12.7. The lowest BCUT2D eigenvalue weighted by atomic mass is 9.68. The standard InChI is InChI=1S/C50H56O4S/c1-9-26-48(27-24-33(10-2)11-3)42-15-13-12-14-38(42)45-40-29-43-44(55-50(53-43,31(4)5)32(6)7)30-41(40)47-39(46(45)48)25-28-49(54-47,34-16-20-36(51)21-17-34)35-18-22-37(52-8)23-19-35/h12-23,25,28-33,51H,9-11,24,26-27H2,1-8H3. The number of methoxy groups -OCH3 is 1. The van der Waals surface area contributed by atoms with Gasteiger partial charge < -0.3 is 19.3 Å². The van der Waals surface area contributed by atoms with E-state index in [1.807, 2.05) is 36.0 Å². The van der Waals surface area contributed by atoms with Crippen LogP contribution in [0.1, 0.15) is 115 Å². The molecule has 0 aromatic heterocycles. The van der Waals surface area contributed by atoms with Gasteiger partial charge in [-0.15, -0.1) is 0 Å². The zero-order valence-corrected chi connectivity index (χ0v) is 34.6. The maximum atomic E-state index is 10.4. The molecule has 8 rings (SSSR count). The molecular weight excluding hydrogens is 697 g/mol. The van der Waals surface area contributed by atoms with Crippen LogP contribution in [0.3, 0.4) is 0 Å². The van der Waals surface area contributed by atoms with E-state index in [0.29, 0.717) is 17.8 Å². The Morgan fingerprint density at radius 1 is 0.782 bits per heavy atom. The van der Waals surface area contributed by atoms with Crippen molar-refractivity contribution in [2.24, 2.45) is 17.8 Å². The van der Waals surface area contributed by atoms with E-state index in [9.17, 15) is 5.11 Å². The maximum Gasteiger partial charge on any atom is 0.178 e. The molecule has 286 valence electrons. The molecule has 2 atom stereocenters. The predicted molar refractivity (Wildman–Crippen MR) is 229 cm³/mol. The molecule has 55 heavy (non-hydrogen) atoms. The number of fused-ring (bicyclic) bond motifs is 9. The molecule has 0 spiro atoms. The minimum absolute atomic E-state index is 0.165. The van der Waals surface area contributed by atoms with Crippen LogP contribution >= 0.6 is 11.8 Å². The van der Waals surface area contributed by atoms with Crippen molar-refractivity contribution in [3.63, 3.8) is 0 Å².